The molecule has 0 aromatic heterocycles. The third-order valence-corrected chi connectivity index (χ3v) is 4.46. The van der Waals surface area contributed by atoms with Crippen LogP contribution in [0.25, 0.3) is 0 Å². The Labute approximate surface area is 139 Å². The molecule has 0 aliphatic heterocycles. The number of hydrogen-bond acceptors (Lipinski definition) is 3. The van der Waals surface area contributed by atoms with Gasteiger partial charge in [-0.15, -0.1) is 0 Å². The summed E-state index contributed by atoms with van der Waals surface area (Å²) in [5.41, 5.74) is 0.586. The monoisotopic (exact) mass is 342 g/mol. The van der Waals surface area contributed by atoms with Gasteiger partial charge in [0.05, 0.1) is 13.0 Å². The van der Waals surface area contributed by atoms with Crippen LogP contribution in [-0.2, 0) is 16.0 Å². The van der Waals surface area contributed by atoms with E-state index in [1.807, 2.05) is 11.8 Å². The molecule has 1 aliphatic carbocycles. The highest BCUT2D eigenvalue weighted by atomic mass is 35.5. The van der Waals surface area contributed by atoms with Gasteiger partial charge in [-0.1, -0.05) is 24.6 Å². The third-order valence-electron chi connectivity index (χ3n) is 4.11. The lowest BCUT2D eigenvalue weighted by Gasteiger charge is -2.42. The fourth-order valence-corrected chi connectivity index (χ4v) is 3.03. The van der Waals surface area contributed by atoms with Crippen molar-refractivity contribution in [3.8, 4) is 0 Å². The Morgan fingerprint density at radius 3 is 2.70 bits per heavy atom. The van der Waals surface area contributed by atoms with Gasteiger partial charge in [0.25, 0.3) is 0 Å². The molecule has 1 aliphatic rings. The average molecular weight is 343 g/mol. The maximum Gasteiger partial charge on any atom is 0.317 e. The lowest BCUT2D eigenvalue weighted by atomic mass is 9.85. The van der Waals surface area contributed by atoms with Gasteiger partial charge in [-0.2, -0.15) is 0 Å². The predicted octanol–water partition coefficient (Wildman–Crippen LogP) is 2.08. The maximum atomic E-state index is 13.0. The highest BCUT2D eigenvalue weighted by Crippen LogP contribution is 2.26. The largest absolute Gasteiger partial charge is 0.480 e. The minimum atomic E-state index is -0.842. The Bertz CT molecular complexity index is 591. The van der Waals surface area contributed by atoms with Crippen molar-refractivity contribution in [2.75, 3.05) is 13.1 Å². The molecule has 0 bridgehead atoms. The van der Waals surface area contributed by atoms with Gasteiger partial charge < -0.3 is 10.4 Å². The molecule has 1 amide bonds. The number of carboxylic acid groups (broad SMARTS) is 1. The highest BCUT2D eigenvalue weighted by Gasteiger charge is 2.34. The van der Waals surface area contributed by atoms with E-state index in [2.05, 4.69) is 5.32 Å². The van der Waals surface area contributed by atoms with Gasteiger partial charge >= 0.3 is 5.97 Å². The number of amides is 1. The summed E-state index contributed by atoms with van der Waals surface area (Å²) in [6.07, 6.45) is 1.58. The van der Waals surface area contributed by atoms with Crippen LogP contribution in [0.4, 0.5) is 4.39 Å². The topological polar surface area (TPSA) is 69.6 Å². The van der Waals surface area contributed by atoms with E-state index in [-0.39, 0.29) is 36.0 Å². The zero-order valence-electron chi connectivity index (χ0n) is 12.9. The van der Waals surface area contributed by atoms with Gasteiger partial charge in [-0.25, -0.2) is 4.39 Å². The molecule has 0 spiro atoms. The first-order valence-corrected chi connectivity index (χ1v) is 7.96. The van der Waals surface area contributed by atoms with Crippen molar-refractivity contribution in [2.24, 2.45) is 0 Å². The summed E-state index contributed by atoms with van der Waals surface area (Å²) >= 11 is 5.91. The molecule has 5 nitrogen and oxygen atoms in total. The zero-order valence-corrected chi connectivity index (χ0v) is 13.6. The van der Waals surface area contributed by atoms with Crippen LogP contribution in [0.15, 0.2) is 18.2 Å². The second-order valence-electron chi connectivity index (χ2n) is 5.76. The van der Waals surface area contributed by atoms with Crippen LogP contribution in [0, 0.1) is 5.82 Å². The molecule has 0 unspecified atom stereocenters. The first-order chi connectivity index (χ1) is 10.9. The smallest absolute Gasteiger partial charge is 0.317 e. The first-order valence-electron chi connectivity index (χ1n) is 7.58. The van der Waals surface area contributed by atoms with Crippen molar-refractivity contribution in [3.05, 3.63) is 34.6 Å². The molecule has 2 rings (SSSR count). The van der Waals surface area contributed by atoms with Gasteiger partial charge in [0.1, 0.15) is 5.82 Å². The van der Waals surface area contributed by atoms with Gasteiger partial charge in [0.15, 0.2) is 0 Å². The summed E-state index contributed by atoms with van der Waals surface area (Å²) in [6.45, 7) is 2.61. The summed E-state index contributed by atoms with van der Waals surface area (Å²) in [7, 11) is 0. The van der Waals surface area contributed by atoms with Crippen molar-refractivity contribution < 1.29 is 19.1 Å². The third kappa shape index (κ3) is 4.91. The molecule has 1 fully saturated rings. The van der Waals surface area contributed by atoms with E-state index in [0.717, 1.165) is 12.8 Å². The quantitative estimate of drug-likeness (QED) is 0.796. The van der Waals surface area contributed by atoms with Crippen molar-refractivity contribution >= 4 is 23.5 Å². The van der Waals surface area contributed by atoms with Crippen molar-refractivity contribution in [3.63, 3.8) is 0 Å². The number of carbonyl (C=O) groups excluding carboxylic acids is 1. The number of nitrogens with one attached hydrogen (secondary N) is 1. The Balaban J connectivity index is 1.78. The van der Waals surface area contributed by atoms with Crippen LogP contribution in [0.1, 0.15) is 25.3 Å². The lowest BCUT2D eigenvalue weighted by molar-refractivity contribution is -0.139. The highest BCUT2D eigenvalue weighted by molar-refractivity contribution is 6.31. The normalized spacial score (nSPS) is 20.2. The van der Waals surface area contributed by atoms with E-state index >= 15 is 0 Å². The molecule has 1 saturated carbocycles. The molecule has 0 saturated heterocycles. The van der Waals surface area contributed by atoms with Crippen LogP contribution >= 0.6 is 11.6 Å². The average Bonchev–Trinajstić information content (AvgIpc) is 2.43. The maximum absolute atomic E-state index is 13.0. The minimum Gasteiger partial charge on any atom is -0.480 e. The molecule has 23 heavy (non-hydrogen) atoms. The number of rotatable bonds is 7. The second-order valence-corrected chi connectivity index (χ2v) is 6.17. The van der Waals surface area contributed by atoms with Crippen LogP contribution < -0.4 is 5.32 Å². The number of aliphatic carboxylic acids is 1. The standard InChI is InChI=1S/C16H20ClFN2O3/c1-2-20(9-16(22)23)13-7-12(8-13)19-15(21)5-10-3-4-11(18)6-14(10)17/h3-4,6,12-13H,2,5,7-9H2,1H3,(H,19,21)(H,22,23). The van der Waals surface area contributed by atoms with Gasteiger partial charge in [0, 0.05) is 17.1 Å². The summed E-state index contributed by atoms with van der Waals surface area (Å²) in [4.78, 5) is 24.7. The fourth-order valence-electron chi connectivity index (χ4n) is 2.79. The van der Waals surface area contributed by atoms with E-state index in [0.29, 0.717) is 12.1 Å². The fraction of sp³-hybridized carbons (Fsp3) is 0.500. The molecule has 1 aromatic rings. The molecule has 126 valence electrons. The molecule has 0 radical (unpaired) electrons. The Morgan fingerprint density at radius 1 is 1.43 bits per heavy atom. The number of likely N-dealkylation sites (N-methyl/N-ethyl adjacent to an activating group) is 1. The number of hydrogen-bond donors (Lipinski definition) is 2. The van der Waals surface area contributed by atoms with Crippen LogP contribution in [0.2, 0.25) is 5.02 Å². The molecule has 0 heterocycles. The number of benzene rings is 1. The van der Waals surface area contributed by atoms with Crippen molar-refractivity contribution in [1.82, 2.24) is 10.2 Å². The molecule has 2 N–H and O–H groups in total. The lowest BCUT2D eigenvalue weighted by Crippen LogP contribution is -2.55. The predicted molar refractivity (Wildman–Crippen MR) is 84.9 cm³/mol. The van der Waals surface area contributed by atoms with Gasteiger partial charge in [0.2, 0.25) is 5.91 Å². The minimum absolute atomic E-state index is 0.0209. The zero-order chi connectivity index (χ0) is 17.0. The summed E-state index contributed by atoms with van der Waals surface area (Å²) < 4.78 is 13.0. The molecule has 1 aromatic carbocycles. The van der Waals surface area contributed by atoms with Crippen LogP contribution in [-0.4, -0.2) is 47.1 Å². The van der Waals surface area contributed by atoms with E-state index < -0.39 is 11.8 Å². The second kappa shape index (κ2) is 7.75. The van der Waals surface area contributed by atoms with E-state index in [9.17, 15) is 14.0 Å². The van der Waals surface area contributed by atoms with E-state index in [1.54, 1.807) is 0 Å². The summed E-state index contributed by atoms with van der Waals surface area (Å²) in [5, 5.41) is 12.0. The van der Waals surface area contributed by atoms with Crippen LogP contribution in [0.5, 0.6) is 0 Å². The Kier molecular flexibility index (Phi) is 5.96. The summed E-state index contributed by atoms with van der Waals surface area (Å²) in [6, 6.07) is 4.21. The van der Waals surface area contributed by atoms with Crippen molar-refractivity contribution in [2.45, 2.75) is 38.3 Å². The molecular weight excluding hydrogens is 323 g/mol. The number of carboxylic acids is 1. The SMILES string of the molecule is CCN(CC(=O)O)C1CC(NC(=O)Cc2ccc(F)cc2Cl)C1. The van der Waals surface area contributed by atoms with E-state index in [1.165, 1.54) is 18.2 Å². The Hall–Kier alpha value is -1.66. The first kappa shape index (κ1) is 17.7. The molecule has 0 atom stereocenters. The summed E-state index contributed by atoms with van der Waals surface area (Å²) in [5.74, 6) is -1.44. The molecular formula is C16H20ClFN2O3. The number of halogens is 2. The van der Waals surface area contributed by atoms with Crippen LogP contribution in [0.3, 0.4) is 0 Å². The van der Waals surface area contributed by atoms with E-state index in [4.69, 9.17) is 16.7 Å². The van der Waals surface area contributed by atoms with Gasteiger partial charge in [-0.3, -0.25) is 14.5 Å². The van der Waals surface area contributed by atoms with Gasteiger partial charge in [-0.05, 0) is 37.1 Å². The number of carbonyl (C=O) groups is 2. The molecule has 7 heteroatoms. The number of nitrogens with zero attached hydrogens (tertiary/aromatic N) is 1. The Morgan fingerprint density at radius 2 is 2.13 bits per heavy atom. The van der Waals surface area contributed by atoms with Crippen molar-refractivity contribution in [1.29, 1.82) is 0 Å².